The third-order valence-electron chi connectivity index (χ3n) is 3.76. The monoisotopic (exact) mass is 377 g/mol. The number of benzene rings is 1. The zero-order valence-corrected chi connectivity index (χ0v) is 14.4. The standard InChI is InChI=1S/C14H20BrNO4S/c1-20-14-7-6-12(9-13(14)15)21(18,19)16-8-4-2-3-5-11(16)10-17/h6-7,9,11,17H,2-5,8,10H2,1H3. The Morgan fingerprint density at radius 3 is 2.76 bits per heavy atom. The van der Waals surface area contributed by atoms with E-state index in [9.17, 15) is 13.5 Å². The second-order valence-electron chi connectivity index (χ2n) is 5.10. The number of hydrogen-bond acceptors (Lipinski definition) is 4. The summed E-state index contributed by atoms with van der Waals surface area (Å²) in [6.45, 7) is 0.313. The molecule has 1 unspecified atom stereocenters. The van der Waals surface area contributed by atoms with Crippen LogP contribution in [0.5, 0.6) is 5.75 Å². The minimum absolute atomic E-state index is 0.142. The van der Waals surface area contributed by atoms with Crippen LogP contribution in [0.15, 0.2) is 27.6 Å². The van der Waals surface area contributed by atoms with Crippen molar-refractivity contribution in [3.8, 4) is 5.75 Å². The largest absolute Gasteiger partial charge is 0.496 e. The molecule has 0 saturated carbocycles. The second kappa shape index (κ2) is 7.09. The van der Waals surface area contributed by atoms with Gasteiger partial charge in [-0.05, 0) is 47.0 Å². The molecule has 1 aromatic rings. The number of aliphatic hydroxyl groups is 1. The van der Waals surface area contributed by atoms with Crippen molar-refractivity contribution in [3.05, 3.63) is 22.7 Å². The summed E-state index contributed by atoms with van der Waals surface area (Å²) < 4.78 is 32.8. The normalized spacial score (nSPS) is 21.0. The van der Waals surface area contributed by atoms with Crippen molar-refractivity contribution in [2.45, 2.75) is 36.6 Å². The molecular weight excluding hydrogens is 358 g/mol. The van der Waals surface area contributed by atoms with Crippen molar-refractivity contribution in [1.82, 2.24) is 4.31 Å². The molecule has 21 heavy (non-hydrogen) atoms. The molecule has 1 atom stereocenters. The minimum atomic E-state index is -3.61. The second-order valence-corrected chi connectivity index (χ2v) is 7.84. The van der Waals surface area contributed by atoms with Crippen LogP contribution >= 0.6 is 15.9 Å². The van der Waals surface area contributed by atoms with E-state index in [1.54, 1.807) is 12.1 Å². The first-order valence-electron chi connectivity index (χ1n) is 6.97. The lowest BCUT2D eigenvalue weighted by Gasteiger charge is -2.27. The molecule has 0 aromatic heterocycles. The predicted octanol–water partition coefficient (Wildman–Crippen LogP) is 2.38. The lowest BCUT2D eigenvalue weighted by molar-refractivity contribution is 0.186. The molecule has 118 valence electrons. The van der Waals surface area contributed by atoms with E-state index in [2.05, 4.69) is 15.9 Å². The third-order valence-corrected chi connectivity index (χ3v) is 6.33. The van der Waals surface area contributed by atoms with Crippen molar-refractivity contribution in [2.75, 3.05) is 20.3 Å². The van der Waals surface area contributed by atoms with Gasteiger partial charge in [-0.15, -0.1) is 0 Å². The molecule has 1 heterocycles. The van der Waals surface area contributed by atoms with Gasteiger partial charge in [-0.2, -0.15) is 4.31 Å². The highest BCUT2D eigenvalue weighted by molar-refractivity contribution is 9.10. The fraction of sp³-hybridized carbons (Fsp3) is 0.571. The molecule has 1 aliphatic rings. The quantitative estimate of drug-likeness (QED) is 0.874. The van der Waals surface area contributed by atoms with Crippen LogP contribution in [0, 0.1) is 0 Å². The van der Waals surface area contributed by atoms with Gasteiger partial charge in [0.2, 0.25) is 10.0 Å². The highest BCUT2D eigenvalue weighted by Crippen LogP contribution is 2.30. The summed E-state index contributed by atoms with van der Waals surface area (Å²) in [5.74, 6) is 0.587. The Morgan fingerprint density at radius 2 is 2.14 bits per heavy atom. The zero-order chi connectivity index (χ0) is 15.5. The van der Waals surface area contributed by atoms with Gasteiger partial charge >= 0.3 is 0 Å². The van der Waals surface area contributed by atoms with Gasteiger partial charge in [-0.1, -0.05) is 12.8 Å². The van der Waals surface area contributed by atoms with Crippen LogP contribution in [0.3, 0.4) is 0 Å². The van der Waals surface area contributed by atoms with Crippen LogP contribution in [0.4, 0.5) is 0 Å². The van der Waals surface area contributed by atoms with Crippen molar-refractivity contribution in [3.63, 3.8) is 0 Å². The van der Waals surface area contributed by atoms with Crippen molar-refractivity contribution >= 4 is 26.0 Å². The minimum Gasteiger partial charge on any atom is -0.496 e. The smallest absolute Gasteiger partial charge is 0.243 e. The topological polar surface area (TPSA) is 66.8 Å². The van der Waals surface area contributed by atoms with Gasteiger partial charge in [-0.3, -0.25) is 0 Å². The van der Waals surface area contributed by atoms with Crippen LogP contribution in [0.2, 0.25) is 0 Å². The van der Waals surface area contributed by atoms with E-state index < -0.39 is 10.0 Å². The molecule has 1 saturated heterocycles. The maximum absolute atomic E-state index is 12.8. The number of rotatable bonds is 4. The molecule has 1 fully saturated rings. The Kier molecular flexibility index (Phi) is 5.65. The van der Waals surface area contributed by atoms with Gasteiger partial charge < -0.3 is 9.84 Å². The van der Waals surface area contributed by atoms with E-state index in [0.29, 0.717) is 23.2 Å². The van der Waals surface area contributed by atoms with Crippen molar-refractivity contribution in [2.24, 2.45) is 0 Å². The molecular formula is C14H20BrNO4S. The van der Waals surface area contributed by atoms with Crippen LogP contribution in [-0.2, 0) is 10.0 Å². The van der Waals surface area contributed by atoms with Crippen LogP contribution < -0.4 is 4.74 Å². The van der Waals surface area contributed by atoms with E-state index in [0.717, 1.165) is 19.3 Å². The number of nitrogens with zero attached hydrogens (tertiary/aromatic N) is 1. The van der Waals surface area contributed by atoms with E-state index >= 15 is 0 Å². The summed E-state index contributed by atoms with van der Waals surface area (Å²) in [4.78, 5) is 0.218. The molecule has 1 N–H and O–H groups in total. The Bertz CT molecular complexity index is 591. The molecule has 7 heteroatoms. The first-order chi connectivity index (χ1) is 10.0. The average Bonchev–Trinajstić information content (AvgIpc) is 2.72. The number of sulfonamides is 1. The number of hydrogen-bond donors (Lipinski definition) is 1. The van der Waals surface area contributed by atoms with Crippen LogP contribution in [0.25, 0.3) is 0 Å². The van der Waals surface area contributed by atoms with Crippen LogP contribution in [0.1, 0.15) is 25.7 Å². The fourth-order valence-electron chi connectivity index (χ4n) is 2.59. The summed E-state index contributed by atoms with van der Waals surface area (Å²) in [5.41, 5.74) is 0. The molecule has 0 spiro atoms. The van der Waals surface area contributed by atoms with E-state index in [1.807, 2.05) is 0 Å². The summed E-state index contributed by atoms with van der Waals surface area (Å²) in [7, 11) is -2.07. The van der Waals surface area contributed by atoms with Gasteiger partial charge in [-0.25, -0.2) is 8.42 Å². The summed E-state index contributed by atoms with van der Waals surface area (Å²) in [6, 6.07) is 4.38. The van der Waals surface area contributed by atoms with E-state index in [4.69, 9.17) is 4.74 Å². The van der Waals surface area contributed by atoms with Gasteiger partial charge in [0.25, 0.3) is 0 Å². The maximum Gasteiger partial charge on any atom is 0.243 e. The Balaban J connectivity index is 2.37. The average molecular weight is 378 g/mol. The van der Waals surface area contributed by atoms with Gasteiger partial charge in [0.15, 0.2) is 0 Å². The third kappa shape index (κ3) is 3.59. The Morgan fingerprint density at radius 1 is 1.38 bits per heavy atom. The first kappa shape index (κ1) is 16.7. The molecule has 0 radical (unpaired) electrons. The summed E-state index contributed by atoms with van der Waals surface area (Å²) >= 11 is 3.31. The molecule has 0 bridgehead atoms. The SMILES string of the molecule is COc1ccc(S(=O)(=O)N2CCCCCC2CO)cc1Br. The lowest BCUT2D eigenvalue weighted by Crippen LogP contribution is -2.42. The van der Waals surface area contributed by atoms with E-state index in [-0.39, 0.29) is 17.5 Å². The number of ether oxygens (including phenoxy) is 1. The van der Waals surface area contributed by atoms with Crippen molar-refractivity contribution in [1.29, 1.82) is 0 Å². The molecule has 1 aliphatic heterocycles. The maximum atomic E-state index is 12.8. The molecule has 0 aliphatic carbocycles. The number of halogens is 1. The summed E-state index contributed by atoms with van der Waals surface area (Å²) in [6.07, 6.45) is 3.47. The highest BCUT2D eigenvalue weighted by atomic mass is 79.9. The fourth-order valence-corrected chi connectivity index (χ4v) is 5.00. The number of aliphatic hydroxyl groups excluding tert-OH is 1. The molecule has 0 amide bonds. The first-order valence-corrected chi connectivity index (χ1v) is 9.20. The van der Waals surface area contributed by atoms with E-state index in [1.165, 1.54) is 17.5 Å². The van der Waals surface area contributed by atoms with Gasteiger partial charge in [0, 0.05) is 12.6 Å². The summed E-state index contributed by atoms with van der Waals surface area (Å²) in [5, 5.41) is 9.50. The lowest BCUT2D eigenvalue weighted by atomic mass is 10.1. The van der Waals surface area contributed by atoms with Gasteiger partial charge in [0.05, 0.1) is 23.1 Å². The Labute approximate surface area is 134 Å². The zero-order valence-electron chi connectivity index (χ0n) is 12.0. The Hall–Kier alpha value is -0.630. The van der Waals surface area contributed by atoms with Crippen LogP contribution in [-0.4, -0.2) is 44.1 Å². The highest BCUT2D eigenvalue weighted by Gasteiger charge is 2.32. The van der Waals surface area contributed by atoms with Gasteiger partial charge in [0.1, 0.15) is 5.75 Å². The molecule has 5 nitrogen and oxygen atoms in total. The molecule has 1 aromatic carbocycles. The molecule has 2 rings (SSSR count). The van der Waals surface area contributed by atoms with Crippen molar-refractivity contribution < 1.29 is 18.3 Å². The predicted molar refractivity (Wildman–Crippen MR) is 83.9 cm³/mol. The number of methoxy groups -OCH3 is 1.